The molecule has 100 valence electrons. The lowest BCUT2D eigenvalue weighted by Gasteiger charge is -2.19. The maximum atomic E-state index is 4.32. The van der Waals surface area contributed by atoms with Gasteiger partial charge in [-0.1, -0.05) is 30.7 Å². The lowest BCUT2D eigenvalue weighted by molar-refractivity contribution is 0.490. The molecule has 0 spiro atoms. The van der Waals surface area contributed by atoms with Gasteiger partial charge in [0.1, 0.15) is 0 Å². The number of nitrogens with one attached hydrogen (secondary N) is 1. The molecule has 1 aliphatic carbocycles. The number of benzene rings is 1. The van der Waals surface area contributed by atoms with Gasteiger partial charge < -0.3 is 5.32 Å². The summed E-state index contributed by atoms with van der Waals surface area (Å²) in [6.07, 6.45) is 5.10. The third-order valence-electron chi connectivity index (χ3n) is 3.97. The van der Waals surface area contributed by atoms with Crippen molar-refractivity contribution in [3.05, 3.63) is 51.5 Å². The van der Waals surface area contributed by atoms with Crippen molar-refractivity contribution in [1.29, 1.82) is 0 Å². The first-order valence-corrected chi connectivity index (χ1v) is 7.92. The number of hydrogen-bond donors (Lipinski definition) is 1. The molecule has 0 saturated carbocycles. The number of aromatic nitrogens is 1. The molecule has 1 aliphatic rings. The summed E-state index contributed by atoms with van der Waals surface area (Å²) >= 11 is 1.75. The van der Waals surface area contributed by atoms with Crippen molar-refractivity contribution in [2.75, 3.05) is 0 Å². The molecule has 1 unspecified atom stereocenters. The highest BCUT2D eigenvalue weighted by Crippen LogP contribution is 2.29. The molecule has 0 saturated heterocycles. The van der Waals surface area contributed by atoms with E-state index >= 15 is 0 Å². The van der Waals surface area contributed by atoms with Gasteiger partial charge in [0.25, 0.3) is 0 Å². The molecule has 1 aromatic heterocycles. The van der Waals surface area contributed by atoms with E-state index in [1.54, 1.807) is 11.3 Å². The zero-order valence-corrected chi connectivity index (χ0v) is 12.2. The van der Waals surface area contributed by atoms with Crippen molar-refractivity contribution < 1.29 is 0 Å². The summed E-state index contributed by atoms with van der Waals surface area (Å²) in [5, 5.41) is 3.73. The third-order valence-corrected chi connectivity index (χ3v) is 4.91. The van der Waals surface area contributed by atoms with Gasteiger partial charge in [0.2, 0.25) is 0 Å². The molecule has 3 rings (SSSR count). The summed E-state index contributed by atoms with van der Waals surface area (Å²) in [6, 6.07) is 9.40. The van der Waals surface area contributed by atoms with Crippen LogP contribution in [-0.4, -0.2) is 4.98 Å². The molecule has 0 bridgehead atoms. The second kappa shape index (κ2) is 5.85. The molecule has 1 aromatic carbocycles. The SMILES string of the molecule is Cc1ncsc1CNC1CCCCc2ccccc21. The Morgan fingerprint density at radius 1 is 1.32 bits per heavy atom. The molecule has 0 radical (unpaired) electrons. The Kier molecular flexibility index (Phi) is 3.95. The molecular weight excluding hydrogens is 252 g/mol. The van der Waals surface area contributed by atoms with Gasteiger partial charge in [0.15, 0.2) is 0 Å². The summed E-state index contributed by atoms with van der Waals surface area (Å²) < 4.78 is 0. The smallest absolute Gasteiger partial charge is 0.0798 e. The van der Waals surface area contributed by atoms with Crippen LogP contribution < -0.4 is 5.32 Å². The summed E-state index contributed by atoms with van der Waals surface area (Å²) in [5.74, 6) is 0. The van der Waals surface area contributed by atoms with E-state index in [0.29, 0.717) is 6.04 Å². The van der Waals surface area contributed by atoms with E-state index in [1.807, 2.05) is 5.51 Å². The molecule has 1 heterocycles. The maximum absolute atomic E-state index is 4.32. The molecule has 0 aliphatic heterocycles. The van der Waals surface area contributed by atoms with Gasteiger partial charge >= 0.3 is 0 Å². The summed E-state index contributed by atoms with van der Waals surface area (Å²) in [6.45, 7) is 3.03. The number of thiazole rings is 1. The van der Waals surface area contributed by atoms with Crippen LogP contribution in [0.3, 0.4) is 0 Å². The maximum Gasteiger partial charge on any atom is 0.0798 e. The van der Waals surface area contributed by atoms with Crippen LogP contribution in [0, 0.1) is 6.92 Å². The Bertz CT molecular complexity index is 547. The molecular formula is C16H20N2S. The van der Waals surface area contributed by atoms with Crippen molar-refractivity contribution >= 4 is 11.3 Å². The number of hydrogen-bond acceptors (Lipinski definition) is 3. The molecule has 1 N–H and O–H groups in total. The Balaban J connectivity index is 1.75. The monoisotopic (exact) mass is 272 g/mol. The van der Waals surface area contributed by atoms with Crippen LogP contribution in [0.15, 0.2) is 29.8 Å². The van der Waals surface area contributed by atoms with E-state index < -0.39 is 0 Å². The summed E-state index contributed by atoms with van der Waals surface area (Å²) in [5.41, 5.74) is 6.13. The fourth-order valence-corrected chi connectivity index (χ4v) is 3.57. The lowest BCUT2D eigenvalue weighted by Crippen LogP contribution is -2.21. The lowest BCUT2D eigenvalue weighted by atomic mass is 9.99. The van der Waals surface area contributed by atoms with Gasteiger partial charge in [0, 0.05) is 17.5 Å². The summed E-state index contributed by atoms with van der Waals surface area (Å²) in [4.78, 5) is 5.68. The van der Waals surface area contributed by atoms with Crippen molar-refractivity contribution in [3.8, 4) is 0 Å². The zero-order valence-electron chi connectivity index (χ0n) is 11.4. The highest BCUT2D eigenvalue weighted by atomic mass is 32.1. The highest BCUT2D eigenvalue weighted by Gasteiger charge is 2.18. The predicted octanol–water partition coefficient (Wildman–Crippen LogP) is 4.01. The minimum Gasteiger partial charge on any atom is -0.305 e. The molecule has 1 atom stereocenters. The van der Waals surface area contributed by atoms with Crippen molar-refractivity contribution in [2.45, 2.75) is 45.2 Å². The molecule has 2 nitrogen and oxygen atoms in total. The van der Waals surface area contributed by atoms with E-state index in [2.05, 4.69) is 41.5 Å². The topological polar surface area (TPSA) is 24.9 Å². The Labute approximate surface area is 118 Å². The second-order valence-electron chi connectivity index (χ2n) is 5.24. The standard InChI is InChI=1S/C16H20N2S/c1-12-16(19-11-18-12)10-17-15-9-5-3-7-13-6-2-4-8-14(13)15/h2,4,6,8,11,15,17H,3,5,7,9-10H2,1H3. The predicted molar refractivity (Wildman–Crippen MR) is 80.4 cm³/mol. The van der Waals surface area contributed by atoms with Crippen LogP contribution in [0.25, 0.3) is 0 Å². The first-order chi connectivity index (χ1) is 9.34. The molecule has 0 fully saturated rings. The second-order valence-corrected chi connectivity index (χ2v) is 6.18. The number of aryl methyl sites for hydroxylation is 2. The van der Waals surface area contributed by atoms with E-state index in [1.165, 1.54) is 47.4 Å². The molecule has 19 heavy (non-hydrogen) atoms. The van der Waals surface area contributed by atoms with E-state index in [9.17, 15) is 0 Å². The van der Waals surface area contributed by atoms with Crippen LogP contribution in [0.5, 0.6) is 0 Å². The minimum absolute atomic E-state index is 0.500. The van der Waals surface area contributed by atoms with Crippen LogP contribution in [0.4, 0.5) is 0 Å². The molecule has 3 heteroatoms. The van der Waals surface area contributed by atoms with E-state index in [-0.39, 0.29) is 0 Å². The average Bonchev–Trinajstić information content (AvgIpc) is 2.73. The normalized spacial score (nSPS) is 18.9. The Hall–Kier alpha value is -1.19. The van der Waals surface area contributed by atoms with Gasteiger partial charge in [-0.2, -0.15) is 0 Å². The van der Waals surface area contributed by atoms with E-state index in [0.717, 1.165) is 6.54 Å². The Morgan fingerprint density at radius 2 is 2.21 bits per heavy atom. The molecule has 0 amide bonds. The average molecular weight is 272 g/mol. The fourth-order valence-electron chi connectivity index (χ4n) is 2.85. The fraction of sp³-hybridized carbons (Fsp3) is 0.438. The van der Waals surface area contributed by atoms with Gasteiger partial charge in [-0.25, -0.2) is 4.98 Å². The largest absolute Gasteiger partial charge is 0.305 e. The quantitative estimate of drug-likeness (QED) is 0.854. The first-order valence-electron chi connectivity index (χ1n) is 7.05. The molecule has 2 aromatic rings. The number of rotatable bonds is 3. The van der Waals surface area contributed by atoms with Gasteiger partial charge in [0.05, 0.1) is 11.2 Å². The zero-order chi connectivity index (χ0) is 13.1. The Morgan fingerprint density at radius 3 is 3.05 bits per heavy atom. The van der Waals surface area contributed by atoms with E-state index in [4.69, 9.17) is 0 Å². The van der Waals surface area contributed by atoms with Crippen molar-refractivity contribution in [3.63, 3.8) is 0 Å². The van der Waals surface area contributed by atoms with Gasteiger partial charge in [-0.3, -0.25) is 0 Å². The minimum atomic E-state index is 0.500. The van der Waals surface area contributed by atoms with Crippen LogP contribution in [0.2, 0.25) is 0 Å². The number of fused-ring (bicyclic) bond motifs is 1. The van der Waals surface area contributed by atoms with Gasteiger partial charge in [-0.05, 0) is 37.3 Å². The van der Waals surface area contributed by atoms with Crippen LogP contribution >= 0.6 is 11.3 Å². The van der Waals surface area contributed by atoms with Crippen LogP contribution in [0.1, 0.15) is 47.0 Å². The first kappa shape index (κ1) is 12.8. The van der Waals surface area contributed by atoms with Crippen LogP contribution in [-0.2, 0) is 13.0 Å². The number of nitrogens with zero attached hydrogens (tertiary/aromatic N) is 1. The van der Waals surface area contributed by atoms with Crippen molar-refractivity contribution in [2.24, 2.45) is 0 Å². The summed E-state index contributed by atoms with van der Waals surface area (Å²) in [7, 11) is 0. The highest BCUT2D eigenvalue weighted by molar-refractivity contribution is 7.09. The van der Waals surface area contributed by atoms with Gasteiger partial charge in [-0.15, -0.1) is 11.3 Å². The van der Waals surface area contributed by atoms with Crippen molar-refractivity contribution in [1.82, 2.24) is 10.3 Å². The third kappa shape index (κ3) is 2.88.